The summed E-state index contributed by atoms with van der Waals surface area (Å²) < 4.78 is 7.45. The minimum absolute atomic E-state index is 0.0524. The number of thioether (sulfide) groups is 1. The molecule has 1 fully saturated rings. The molecule has 1 aromatic rings. The zero-order valence-corrected chi connectivity index (χ0v) is 12.9. The fourth-order valence-corrected chi connectivity index (χ4v) is 4.64. The molecule has 3 atom stereocenters. The Labute approximate surface area is 121 Å². The van der Waals surface area contributed by atoms with Crippen molar-refractivity contribution < 1.29 is 4.74 Å². The van der Waals surface area contributed by atoms with Crippen LogP contribution in [0.3, 0.4) is 0 Å². The molecule has 2 N–H and O–H groups in total. The minimum Gasteiger partial charge on any atom is -0.486 e. The van der Waals surface area contributed by atoms with Crippen molar-refractivity contribution in [1.82, 2.24) is 0 Å². The van der Waals surface area contributed by atoms with Crippen molar-refractivity contribution in [2.45, 2.75) is 43.1 Å². The highest BCUT2D eigenvalue weighted by Gasteiger charge is 2.45. The molecule has 3 rings (SSSR count). The van der Waals surface area contributed by atoms with E-state index in [1.165, 1.54) is 12.2 Å². The molecule has 0 aromatic heterocycles. The van der Waals surface area contributed by atoms with E-state index in [-0.39, 0.29) is 11.6 Å². The molecule has 1 saturated heterocycles. The highest BCUT2D eigenvalue weighted by atomic mass is 79.9. The number of fused-ring (bicyclic) bond motifs is 1. The Morgan fingerprint density at radius 1 is 1.50 bits per heavy atom. The van der Waals surface area contributed by atoms with E-state index in [1.807, 2.05) is 23.9 Å². The standard InChI is InChI=1S/C14H18BrNOS/c1-9-14(5-2-6-18-9)8-12(16)11-7-10(15)3-4-13(11)17-14/h3-4,7,9,12H,2,5-6,8,16H2,1H3. The Hall–Kier alpha value is -0.190. The van der Waals surface area contributed by atoms with E-state index in [0.717, 1.165) is 28.6 Å². The van der Waals surface area contributed by atoms with Crippen LogP contribution in [0.4, 0.5) is 0 Å². The molecule has 0 saturated carbocycles. The maximum Gasteiger partial charge on any atom is 0.125 e. The van der Waals surface area contributed by atoms with E-state index in [1.54, 1.807) is 0 Å². The summed E-state index contributed by atoms with van der Waals surface area (Å²) in [6.07, 6.45) is 3.29. The van der Waals surface area contributed by atoms with Gasteiger partial charge in [-0.2, -0.15) is 11.8 Å². The Morgan fingerprint density at radius 3 is 3.11 bits per heavy atom. The Balaban J connectivity index is 1.98. The molecular formula is C14H18BrNOS. The van der Waals surface area contributed by atoms with Crippen molar-refractivity contribution >= 4 is 27.7 Å². The summed E-state index contributed by atoms with van der Waals surface area (Å²) in [5, 5.41) is 0.522. The molecule has 98 valence electrons. The second-order valence-electron chi connectivity index (χ2n) is 5.28. The molecule has 18 heavy (non-hydrogen) atoms. The quantitative estimate of drug-likeness (QED) is 0.785. The van der Waals surface area contributed by atoms with Gasteiger partial charge in [-0.1, -0.05) is 15.9 Å². The lowest BCUT2D eigenvalue weighted by Crippen LogP contribution is -2.51. The SMILES string of the molecule is CC1SCCCC12CC(N)c1cc(Br)ccc1O2. The summed E-state index contributed by atoms with van der Waals surface area (Å²) in [7, 11) is 0. The van der Waals surface area contributed by atoms with E-state index >= 15 is 0 Å². The monoisotopic (exact) mass is 327 g/mol. The fourth-order valence-electron chi connectivity index (χ4n) is 3.03. The molecule has 0 amide bonds. The molecule has 3 unspecified atom stereocenters. The smallest absolute Gasteiger partial charge is 0.125 e. The van der Waals surface area contributed by atoms with Gasteiger partial charge in [-0.05, 0) is 43.7 Å². The van der Waals surface area contributed by atoms with Crippen LogP contribution in [0.15, 0.2) is 22.7 Å². The topological polar surface area (TPSA) is 35.2 Å². The molecule has 0 aliphatic carbocycles. The van der Waals surface area contributed by atoms with Gasteiger partial charge in [0.25, 0.3) is 0 Å². The fraction of sp³-hybridized carbons (Fsp3) is 0.571. The van der Waals surface area contributed by atoms with Gasteiger partial charge in [0.1, 0.15) is 11.4 Å². The van der Waals surface area contributed by atoms with Gasteiger partial charge < -0.3 is 10.5 Å². The minimum atomic E-state index is -0.0524. The van der Waals surface area contributed by atoms with Crippen LogP contribution in [0.5, 0.6) is 5.75 Å². The first-order valence-electron chi connectivity index (χ1n) is 6.46. The summed E-state index contributed by atoms with van der Waals surface area (Å²) in [6.45, 7) is 2.28. The lowest BCUT2D eigenvalue weighted by atomic mass is 9.82. The summed E-state index contributed by atoms with van der Waals surface area (Å²) in [5.74, 6) is 2.22. The van der Waals surface area contributed by atoms with Gasteiger partial charge in [0, 0.05) is 27.7 Å². The third kappa shape index (κ3) is 2.08. The van der Waals surface area contributed by atoms with E-state index < -0.39 is 0 Å². The normalized spacial score (nSPS) is 35.1. The van der Waals surface area contributed by atoms with E-state index in [4.69, 9.17) is 10.5 Å². The average Bonchev–Trinajstić information content (AvgIpc) is 2.34. The number of hydrogen-bond donors (Lipinski definition) is 1. The molecule has 2 aliphatic rings. The lowest BCUT2D eigenvalue weighted by molar-refractivity contribution is 0.0255. The second kappa shape index (κ2) is 4.73. The van der Waals surface area contributed by atoms with Crippen molar-refractivity contribution in [3.05, 3.63) is 28.2 Å². The summed E-state index contributed by atoms with van der Waals surface area (Å²) in [5.41, 5.74) is 7.46. The summed E-state index contributed by atoms with van der Waals surface area (Å²) in [6, 6.07) is 6.26. The molecule has 0 bridgehead atoms. The largest absolute Gasteiger partial charge is 0.486 e. The van der Waals surface area contributed by atoms with Crippen molar-refractivity contribution in [2.75, 3.05) is 5.75 Å². The third-order valence-corrected chi connectivity index (χ3v) is 6.05. The van der Waals surface area contributed by atoms with Crippen molar-refractivity contribution in [1.29, 1.82) is 0 Å². The number of ether oxygens (including phenoxy) is 1. The van der Waals surface area contributed by atoms with E-state index in [9.17, 15) is 0 Å². The molecule has 2 heterocycles. The molecule has 4 heteroatoms. The first-order valence-corrected chi connectivity index (χ1v) is 8.30. The van der Waals surface area contributed by atoms with E-state index in [2.05, 4.69) is 28.9 Å². The first kappa shape index (κ1) is 12.8. The maximum absolute atomic E-state index is 6.38. The molecule has 1 aromatic carbocycles. The first-order chi connectivity index (χ1) is 8.61. The van der Waals surface area contributed by atoms with Gasteiger partial charge >= 0.3 is 0 Å². The molecule has 0 radical (unpaired) electrons. The molecule has 2 aliphatic heterocycles. The van der Waals surface area contributed by atoms with Gasteiger partial charge in [0.2, 0.25) is 0 Å². The number of halogens is 1. The van der Waals surface area contributed by atoms with Crippen LogP contribution < -0.4 is 10.5 Å². The van der Waals surface area contributed by atoms with Crippen LogP contribution in [-0.2, 0) is 0 Å². The van der Waals surface area contributed by atoms with Gasteiger partial charge in [0.05, 0.1) is 0 Å². The van der Waals surface area contributed by atoms with Gasteiger partial charge in [-0.3, -0.25) is 0 Å². The predicted octanol–water partition coefficient (Wildman–Crippen LogP) is 3.89. The highest BCUT2D eigenvalue weighted by molar-refractivity contribution is 9.10. The van der Waals surface area contributed by atoms with Crippen molar-refractivity contribution in [2.24, 2.45) is 5.73 Å². The maximum atomic E-state index is 6.38. The van der Waals surface area contributed by atoms with Crippen LogP contribution in [0.1, 0.15) is 37.8 Å². The van der Waals surface area contributed by atoms with Crippen LogP contribution in [0.2, 0.25) is 0 Å². The molecular weight excluding hydrogens is 310 g/mol. The van der Waals surface area contributed by atoms with Crippen molar-refractivity contribution in [3.63, 3.8) is 0 Å². The van der Waals surface area contributed by atoms with Crippen LogP contribution in [0.25, 0.3) is 0 Å². The van der Waals surface area contributed by atoms with Gasteiger partial charge in [-0.25, -0.2) is 0 Å². The van der Waals surface area contributed by atoms with Crippen LogP contribution >= 0.6 is 27.7 Å². The Morgan fingerprint density at radius 2 is 2.33 bits per heavy atom. The summed E-state index contributed by atoms with van der Waals surface area (Å²) >= 11 is 5.52. The molecule has 1 spiro atoms. The lowest BCUT2D eigenvalue weighted by Gasteiger charge is -2.47. The summed E-state index contributed by atoms with van der Waals surface area (Å²) in [4.78, 5) is 0. The Bertz CT molecular complexity index is 467. The molecule has 2 nitrogen and oxygen atoms in total. The number of nitrogens with two attached hydrogens (primary N) is 1. The Kier molecular flexibility index (Phi) is 3.37. The zero-order valence-electron chi connectivity index (χ0n) is 10.5. The number of hydrogen-bond acceptors (Lipinski definition) is 3. The predicted molar refractivity (Wildman–Crippen MR) is 80.2 cm³/mol. The van der Waals surface area contributed by atoms with Crippen LogP contribution in [-0.4, -0.2) is 16.6 Å². The second-order valence-corrected chi connectivity index (χ2v) is 7.64. The van der Waals surface area contributed by atoms with Gasteiger partial charge in [-0.15, -0.1) is 0 Å². The van der Waals surface area contributed by atoms with Crippen molar-refractivity contribution in [3.8, 4) is 5.75 Å². The van der Waals surface area contributed by atoms with Gasteiger partial charge in [0.15, 0.2) is 0 Å². The zero-order chi connectivity index (χ0) is 12.8. The average molecular weight is 328 g/mol. The van der Waals surface area contributed by atoms with E-state index in [0.29, 0.717) is 5.25 Å². The number of benzene rings is 1. The highest BCUT2D eigenvalue weighted by Crippen LogP contribution is 2.48. The third-order valence-electron chi connectivity index (χ3n) is 4.10. The van der Waals surface area contributed by atoms with Crippen LogP contribution in [0, 0.1) is 0 Å². The number of rotatable bonds is 0.